The molecular weight excluding hydrogens is 224 g/mol. The molecule has 2 aromatic carbocycles. The molecule has 1 N–H and O–H groups in total. The van der Waals surface area contributed by atoms with Crippen LogP contribution in [0.25, 0.3) is 10.8 Å². The maximum absolute atomic E-state index is 9.50. The topological polar surface area (TPSA) is 29.5 Å². The van der Waals surface area contributed by atoms with E-state index in [1.54, 1.807) is 14.0 Å². The minimum absolute atomic E-state index is 0.467. The fraction of sp³-hybridized carbons (Fsp3) is 0.231. The van der Waals surface area contributed by atoms with Gasteiger partial charge in [-0.25, -0.2) is 0 Å². The first kappa shape index (κ1) is 11.2. The Morgan fingerprint density at radius 1 is 1.25 bits per heavy atom. The predicted molar refractivity (Wildman–Crippen MR) is 66.1 cm³/mol. The molecule has 0 bridgehead atoms. The Kier molecular flexibility index (Phi) is 3.03. The van der Waals surface area contributed by atoms with Gasteiger partial charge in [-0.2, -0.15) is 0 Å². The van der Waals surface area contributed by atoms with Crippen molar-refractivity contribution in [2.24, 2.45) is 0 Å². The largest absolute Gasteiger partial charge is 0.495 e. The molecule has 0 saturated heterocycles. The van der Waals surface area contributed by atoms with E-state index >= 15 is 0 Å². The summed E-state index contributed by atoms with van der Waals surface area (Å²) in [6, 6.07) is 9.48. The first-order chi connectivity index (χ1) is 7.63. The average molecular weight is 237 g/mol. The lowest BCUT2D eigenvalue weighted by atomic mass is 10.0. The van der Waals surface area contributed by atoms with Crippen molar-refractivity contribution in [2.75, 3.05) is 7.11 Å². The normalized spacial score (nSPS) is 12.8. The number of halogens is 1. The maximum Gasteiger partial charge on any atom is 0.138 e. The molecule has 1 atom stereocenters. The van der Waals surface area contributed by atoms with E-state index in [0.717, 1.165) is 16.3 Å². The molecule has 16 heavy (non-hydrogen) atoms. The SMILES string of the molecule is COc1ccc2cc(C(C)O)ccc2c1Cl. The van der Waals surface area contributed by atoms with E-state index in [1.165, 1.54) is 0 Å². The molecule has 1 unspecified atom stereocenters. The first-order valence-electron chi connectivity index (χ1n) is 5.07. The number of aliphatic hydroxyl groups excluding tert-OH is 1. The van der Waals surface area contributed by atoms with E-state index in [9.17, 15) is 5.11 Å². The number of rotatable bonds is 2. The van der Waals surface area contributed by atoms with Crippen LogP contribution in [-0.2, 0) is 0 Å². The van der Waals surface area contributed by atoms with Gasteiger partial charge in [0.25, 0.3) is 0 Å². The summed E-state index contributed by atoms with van der Waals surface area (Å²) in [4.78, 5) is 0. The summed E-state index contributed by atoms with van der Waals surface area (Å²) in [5.41, 5.74) is 0.883. The second kappa shape index (κ2) is 4.32. The zero-order valence-corrected chi connectivity index (χ0v) is 9.95. The van der Waals surface area contributed by atoms with Crippen molar-refractivity contribution in [3.63, 3.8) is 0 Å². The lowest BCUT2D eigenvalue weighted by Crippen LogP contribution is -1.91. The van der Waals surface area contributed by atoms with Crippen LogP contribution in [0.2, 0.25) is 5.02 Å². The summed E-state index contributed by atoms with van der Waals surface area (Å²) in [7, 11) is 1.59. The number of methoxy groups -OCH3 is 1. The molecule has 0 aliphatic carbocycles. The van der Waals surface area contributed by atoms with Crippen LogP contribution in [0.4, 0.5) is 0 Å². The lowest BCUT2D eigenvalue weighted by Gasteiger charge is -2.09. The smallest absolute Gasteiger partial charge is 0.138 e. The summed E-state index contributed by atoms with van der Waals surface area (Å²) >= 11 is 6.19. The van der Waals surface area contributed by atoms with Gasteiger partial charge in [0.2, 0.25) is 0 Å². The summed E-state index contributed by atoms with van der Waals surface area (Å²) in [6.45, 7) is 1.74. The van der Waals surface area contributed by atoms with Gasteiger partial charge in [0.1, 0.15) is 5.75 Å². The third kappa shape index (κ3) is 1.86. The Morgan fingerprint density at radius 3 is 2.62 bits per heavy atom. The molecule has 0 amide bonds. The maximum atomic E-state index is 9.50. The molecular formula is C13H13ClO2. The average Bonchev–Trinajstić information content (AvgIpc) is 2.29. The highest BCUT2D eigenvalue weighted by atomic mass is 35.5. The Bertz CT molecular complexity index is 521. The van der Waals surface area contributed by atoms with Crippen molar-refractivity contribution in [3.8, 4) is 5.75 Å². The highest BCUT2D eigenvalue weighted by Gasteiger charge is 2.07. The van der Waals surface area contributed by atoms with Crippen molar-refractivity contribution in [2.45, 2.75) is 13.0 Å². The molecule has 0 aromatic heterocycles. The molecule has 0 radical (unpaired) electrons. The van der Waals surface area contributed by atoms with Crippen LogP contribution in [0.1, 0.15) is 18.6 Å². The van der Waals surface area contributed by atoms with Gasteiger partial charge < -0.3 is 9.84 Å². The van der Waals surface area contributed by atoms with Gasteiger partial charge >= 0.3 is 0 Å². The fourth-order valence-electron chi connectivity index (χ4n) is 1.71. The second-order valence-electron chi connectivity index (χ2n) is 3.74. The second-order valence-corrected chi connectivity index (χ2v) is 4.12. The van der Waals surface area contributed by atoms with Crippen LogP contribution in [-0.4, -0.2) is 12.2 Å². The van der Waals surface area contributed by atoms with Gasteiger partial charge in [0.15, 0.2) is 0 Å². The fourth-order valence-corrected chi connectivity index (χ4v) is 2.02. The van der Waals surface area contributed by atoms with Crippen molar-refractivity contribution >= 4 is 22.4 Å². The third-order valence-electron chi connectivity index (χ3n) is 2.65. The van der Waals surface area contributed by atoms with Crippen LogP contribution in [0, 0.1) is 0 Å². The molecule has 2 rings (SSSR count). The molecule has 0 heterocycles. The Hall–Kier alpha value is -1.25. The van der Waals surface area contributed by atoms with Crippen molar-refractivity contribution in [3.05, 3.63) is 40.9 Å². The van der Waals surface area contributed by atoms with Gasteiger partial charge in [-0.3, -0.25) is 0 Å². The number of fused-ring (bicyclic) bond motifs is 1. The zero-order valence-electron chi connectivity index (χ0n) is 9.20. The first-order valence-corrected chi connectivity index (χ1v) is 5.45. The molecule has 3 heteroatoms. The Labute approximate surface area is 99.4 Å². The summed E-state index contributed by atoms with van der Waals surface area (Å²) < 4.78 is 5.15. The van der Waals surface area contributed by atoms with E-state index < -0.39 is 6.10 Å². The molecule has 0 fully saturated rings. The summed E-state index contributed by atoms with van der Waals surface area (Å²) in [5.74, 6) is 0.666. The minimum atomic E-state index is -0.467. The molecule has 0 aliphatic rings. The number of ether oxygens (including phenoxy) is 1. The monoisotopic (exact) mass is 236 g/mol. The third-order valence-corrected chi connectivity index (χ3v) is 3.03. The standard InChI is InChI=1S/C13H13ClO2/c1-8(15)9-3-5-11-10(7-9)4-6-12(16-2)13(11)14/h3-8,15H,1-2H3. The van der Waals surface area contributed by atoms with Crippen molar-refractivity contribution < 1.29 is 9.84 Å². The molecule has 0 aliphatic heterocycles. The zero-order chi connectivity index (χ0) is 11.7. The molecule has 2 nitrogen and oxygen atoms in total. The van der Waals surface area contributed by atoms with Gasteiger partial charge in [-0.1, -0.05) is 29.8 Å². The highest BCUT2D eigenvalue weighted by molar-refractivity contribution is 6.37. The molecule has 84 valence electrons. The molecule has 2 aromatic rings. The summed E-state index contributed by atoms with van der Waals surface area (Å²) in [6.07, 6.45) is -0.467. The van der Waals surface area contributed by atoms with Crippen LogP contribution >= 0.6 is 11.6 Å². The van der Waals surface area contributed by atoms with Crippen LogP contribution in [0.15, 0.2) is 30.3 Å². The van der Waals surface area contributed by atoms with Gasteiger partial charge in [0.05, 0.1) is 18.2 Å². The van der Waals surface area contributed by atoms with E-state index in [-0.39, 0.29) is 0 Å². The summed E-state index contributed by atoms with van der Waals surface area (Å²) in [5, 5.41) is 12.0. The Morgan fingerprint density at radius 2 is 2.00 bits per heavy atom. The molecule has 0 saturated carbocycles. The van der Waals surface area contributed by atoms with Crippen molar-refractivity contribution in [1.82, 2.24) is 0 Å². The van der Waals surface area contributed by atoms with Crippen molar-refractivity contribution in [1.29, 1.82) is 0 Å². The lowest BCUT2D eigenvalue weighted by molar-refractivity contribution is 0.199. The van der Waals surface area contributed by atoms with Gasteiger partial charge in [-0.15, -0.1) is 0 Å². The number of benzene rings is 2. The van der Waals surface area contributed by atoms with E-state index in [4.69, 9.17) is 16.3 Å². The number of hydrogen-bond acceptors (Lipinski definition) is 2. The van der Waals surface area contributed by atoms with E-state index in [2.05, 4.69) is 0 Å². The highest BCUT2D eigenvalue weighted by Crippen LogP contribution is 2.33. The van der Waals surface area contributed by atoms with Crippen LogP contribution < -0.4 is 4.74 Å². The number of aliphatic hydroxyl groups is 1. The van der Waals surface area contributed by atoms with Crippen LogP contribution in [0.3, 0.4) is 0 Å². The van der Waals surface area contributed by atoms with Gasteiger partial charge in [-0.05, 0) is 30.0 Å². The van der Waals surface area contributed by atoms with E-state index in [0.29, 0.717) is 10.8 Å². The molecule has 0 spiro atoms. The predicted octanol–water partition coefficient (Wildman–Crippen LogP) is 3.56. The van der Waals surface area contributed by atoms with Gasteiger partial charge in [0, 0.05) is 5.39 Å². The Balaban J connectivity index is 2.65. The minimum Gasteiger partial charge on any atom is -0.495 e. The van der Waals surface area contributed by atoms with Crippen LogP contribution in [0.5, 0.6) is 5.75 Å². The van der Waals surface area contributed by atoms with E-state index in [1.807, 2.05) is 30.3 Å². The quantitative estimate of drug-likeness (QED) is 0.864. The number of hydrogen-bond donors (Lipinski definition) is 1.